The van der Waals surface area contributed by atoms with Crippen LogP contribution in [-0.2, 0) is 0 Å². The minimum atomic E-state index is 0.00171. The van der Waals surface area contributed by atoms with E-state index in [0.717, 1.165) is 32.1 Å². The Labute approximate surface area is 394 Å². The third kappa shape index (κ3) is 6.39. The first kappa shape index (κ1) is 40.9. The van der Waals surface area contributed by atoms with Gasteiger partial charge in [-0.25, -0.2) is 0 Å². The first-order chi connectivity index (χ1) is 32.2. The van der Waals surface area contributed by atoms with E-state index in [1.54, 1.807) is 33.6 Å². The van der Waals surface area contributed by atoms with Gasteiger partial charge in [0, 0.05) is 56.4 Å². The summed E-state index contributed by atoms with van der Waals surface area (Å²) in [6.07, 6.45) is 56.6. The Kier molecular flexibility index (Phi) is 9.68. The Balaban J connectivity index is 0.792. The highest BCUT2D eigenvalue weighted by molar-refractivity contribution is 6.08. The summed E-state index contributed by atoms with van der Waals surface area (Å²) in [6, 6.07) is 17.2. The summed E-state index contributed by atoms with van der Waals surface area (Å²) in [4.78, 5) is 2.84. The van der Waals surface area contributed by atoms with Gasteiger partial charge in [0.05, 0.1) is 12.1 Å². The summed E-state index contributed by atoms with van der Waals surface area (Å²) >= 11 is 0. The van der Waals surface area contributed by atoms with E-state index in [2.05, 4.69) is 183 Å². The minimum Gasteiger partial charge on any atom is -0.338 e. The van der Waals surface area contributed by atoms with E-state index in [4.69, 9.17) is 0 Å². The lowest BCUT2D eigenvalue weighted by atomic mass is 9.71. The molecular formula is C64H68N2. The van der Waals surface area contributed by atoms with Crippen molar-refractivity contribution in [1.29, 1.82) is 0 Å². The monoisotopic (exact) mass is 865 g/mol. The van der Waals surface area contributed by atoms with Crippen LogP contribution >= 0.6 is 0 Å². The van der Waals surface area contributed by atoms with Crippen LogP contribution in [0.25, 0.3) is 21.8 Å². The third-order valence-electron chi connectivity index (χ3n) is 18.7. The van der Waals surface area contributed by atoms with Gasteiger partial charge in [0.15, 0.2) is 0 Å². The van der Waals surface area contributed by atoms with E-state index >= 15 is 0 Å². The number of hydrogen-bond donors (Lipinski definition) is 0. The molecule has 2 heteroatoms. The molecule has 13 rings (SSSR count). The molecule has 8 unspecified atom stereocenters. The Morgan fingerprint density at radius 2 is 1.55 bits per heavy atom. The molecule has 0 saturated heterocycles. The highest BCUT2D eigenvalue weighted by atomic mass is 15.2. The Bertz CT molecular complexity index is 2980. The Morgan fingerprint density at radius 1 is 0.712 bits per heavy atom. The number of para-hydroxylation sites is 1. The molecule has 66 heavy (non-hydrogen) atoms. The molecule has 0 radical (unpaired) electrons. The average molecular weight is 865 g/mol. The maximum Gasteiger partial charge on any atom is 0.0559 e. The summed E-state index contributed by atoms with van der Waals surface area (Å²) in [7, 11) is 0. The van der Waals surface area contributed by atoms with Crippen molar-refractivity contribution in [3.63, 3.8) is 0 Å². The third-order valence-corrected chi connectivity index (χ3v) is 18.7. The topological polar surface area (TPSA) is 8.17 Å². The predicted molar refractivity (Wildman–Crippen MR) is 277 cm³/mol. The van der Waals surface area contributed by atoms with Gasteiger partial charge in [0.25, 0.3) is 0 Å². The van der Waals surface area contributed by atoms with Crippen LogP contribution in [-0.4, -0.2) is 15.5 Å². The quantitative estimate of drug-likeness (QED) is 0.224. The van der Waals surface area contributed by atoms with Gasteiger partial charge in [0.2, 0.25) is 0 Å². The summed E-state index contributed by atoms with van der Waals surface area (Å²) in [6.45, 7) is 10.2. The zero-order valence-electron chi connectivity index (χ0n) is 39.9. The minimum absolute atomic E-state index is 0.00171. The molecule has 3 aromatic rings. The first-order valence-corrected chi connectivity index (χ1v) is 26.1. The lowest BCUT2D eigenvalue weighted by molar-refractivity contribution is 0.283. The second-order valence-corrected chi connectivity index (χ2v) is 22.8. The molecule has 0 bridgehead atoms. The normalized spacial score (nSPS) is 32.3. The largest absolute Gasteiger partial charge is 0.338 e. The van der Waals surface area contributed by atoms with Crippen molar-refractivity contribution in [2.45, 2.75) is 123 Å². The molecule has 10 aliphatic carbocycles. The predicted octanol–water partition coefficient (Wildman–Crippen LogP) is 16.5. The lowest BCUT2D eigenvalue weighted by Crippen LogP contribution is -2.38. The molecule has 1 aromatic heterocycles. The van der Waals surface area contributed by atoms with Crippen molar-refractivity contribution in [2.24, 2.45) is 40.4 Å². The molecule has 0 N–H and O–H groups in total. The average Bonchev–Trinajstić information content (AvgIpc) is 3.90. The van der Waals surface area contributed by atoms with E-state index in [1.807, 2.05) is 0 Å². The summed E-state index contributed by atoms with van der Waals surface area (Å²) in [5.41, 5.74) is 18.9. The molecule has 8 atom stereocenters. The van der Waals surface area contributed by atoms with Crippen LogP contribution in [0.2, 0.25) is 0 Å². The summed E-state index contributed by atoms with van der Waals surface area (Å²) in [5.74, 6) is 3.24. The van der Waals surface area contributed by atoms with Gasteiger partial charge in [-0.3, -0.25) is 0 Å². The highest BCUT2D eigenvalue weighted by Gasteiger charge is 2.48. The van der Waals surface area contributed by atoms with E-state index in [1.165, 1.54) is 89.2 Å². The lowest BCUT2D eigenvalue weighted by Gasteiger charge is -2.43. The summed E-state index contributed by atoms with van der Waals surface area (Å²) < 4.78 is 2.64. The number of rotatable bonds is 6. The van der Waals surface area contributed by atoms with Crippen molar-refractivity contribution < 1.29 is 0 Å². The van der Waals surface area contributed by atoms with Crippen LogP contribution in [0.1, 0.15) is 122 Å². The van der Waals surface area contributed by atoms with Crippen molar-refractivity contribution in [2.75, 3.05) is 0 Å². The van der Waals surface area contributed by atoms with Gasteiger partial charge in [-0.1, -0.05) is 177 Å². The van der Waals surface area contributed by atoms with E-state index in [9.17, 15) is 0 Å². The molecule has 0 fully saturated rings. The maximum absolute atomic E-state index is 2.84. The fourth-order valence-corrected chi connectivity index (χ4v) is 15.2. The molecule has 10 aliphatic rings. The van der Waals surface area contributed by atoms with Crippen LogP contribution < -0.4 is 0 Å². The van der Waals surface area contributed by atoms with Crippen molar-refractivity contribution in [1.82, 2.24) is 9.47 Å². The van der Waals surface area contributed by atoms with Crippen LogP contribution in [0.15, 0.2) is 196 Å². The number of benzene rings is 2. The molecule has 1 heterocycles. The molecule has 0 saturated carbocycles. The number of allylic oxidation sites excluding steroid dienone is 23. The summed E-state index contributed by atoms with van der Waals surface area (Å²) in [5, 5.41) is 2.77. The molecule has 0 aliphatic heterocycles. The van der Waals surface area contributed by atoms with Gasteiger partial charge in [-0.15, -0.1) is 0 Å². The highest BCUT2D eigenvalue weighted by Crippen LogP contribution is 2.59. The zero-order valence-corrected chi connectivity index (χ0v) is 39.9. The standard InChI is InChI=1S/C64H68N2/c1-63(2)57-20-12-10-18-51(57)53-33-30-49(39-59(53)63)65(47-27-22-43(23-28-47)41-14-6-5-7-15-41)50-31-34-54-52-32-25-46(38-58(52)64(3,4)60(54)40-50)45-26-35-62-56(37-45)55-19-11-13-21-61(55)66(62)48-29-24-42-16-8-9-17-44(42)36-48/h5-6,8-9,11,13-14,16-17,19,21,24-27,29-35,37,39,42-44,46,48,50,53,59H,7,10,12,15,18,20,22-23,28,36,38,40H2,1-4H3. The van der Waals surface area contributed by atoms with Gasteiger partial charge in [-0.05, 0) is 141 Å². The van der Waals surface area contributed by atoms with Crippen LogP contribution in [0.5, 0.6) is 0 Å². The van der Waals surface area contributed by atoms with Crippen LogP contribution in [0, 0.1) is 40.4 Å². The molecule has 334 valence electrons. The van der Waals surface area contributed by atoms with Gasteiger partial charge in [-0.2, -0.15) is 0 Å². The zero-order chi connectivity index (χ0) is 44.3. The van der Waals surface area contributed by atoms with E-state index in [0.29, 0.717) is 47.6 Å². The van der Waals surface area contributed by atoms with Crippen LogP contribution in [0.4, 0.5) is 0 Å². The van der Waals surface area contributed by atoms with Gasteiger partial charge in [0.1, 0.15) is 0 Å². The molecule has 0 amide bonds. The van der Waals surface area contributed by atoms with Crippen molar-refractivity contribution >= 4 is 21.8 Å². The molecule has 2 nitrogen and oxygen atoms in total. The number of fused-ring (bicyclic) bond motifs is 7. The van der Waals surface area contributed by atoms with E-state index in [-0.39, 0.29) is 10.8 Å². The fourth-order valence-electron chi connectivity index (χ4n) is 15.2. The smallest absolute Gasteiger partial charge is 0.0559 e. The number of nitrogens with zero attached hydrogens (tertiary/aromatic N) is 2. The molecular weight excluding hydrogens is 797 g/mol. The Morgan fingerprint density at radius 3 is 2.41 bits per heavy atom. The van der Waals surface area contributed by atoms with Crippen molar-refractivity contribution in [3.05, 3.63) is 202 Å². The number of aromatic nitrogens is 1. The van der Waals surface area contributed by atoms with Crippen molar-refractivity contribution in [3.8, 4) is 0 Å². The van der Waals surface area contributed by atoms with Gasteiger partial charge >= 0.3 is 0 Å². The SMILES string of the molecule is CC1(C)C2=C(C=CC(c3ccc4c(c3)c3ccccc3n4C3C=CC4C=CC=CC4C3)C2)C2=C1CC(N(C1=CC3C(C=C1)C1=C(CCCC1)C3(C)C)C1=CCC(C3=CC=CCC3)CC1)C=C2. The molecule has 0 spiro atoms. The first-order valence-electron chi connectivity index (χ1n) is 26.1. The fraction of sp³-hybridized carbons (Fsp3) is 0.406. The van der Waals surface area contributed by atoms with Crippen LogP contribution in [0.3, 0.4) is 0 Å². The molecule has 2 aromatic carbocycles. The van der Waals surface area contributed by atoms with Gasteiger partial charge < -0.3 is 9.47 Å². The second-order valence-electron chi connectivity index (χ2n) is 22.8. The second kappa shape index (κ2) is 15.6. The number of hydrogen-bond acceptors (Lipinski definition) is 1. The maximum atomic E-state index is 2.84. The van der Waals surface area contributed by atoms with E-state index < -0.39 is 0 Å². The Hall–Kier alpha value is -5.34.